The van der Waals surface area contributed by atoms with Crippen molar-refractivity contribution in [2.45, 2.75) is 6.92 Å². The van der Waals surface area contributed by atoms with E-state index in [-0.39, 0.29) is 23.1 Å². The summed E-state index contributed by atoms with van der Waals surface area (Å²) < 4.78 is 0. The highest BCUT2D eigenvalue weighted by molar-refractivity contribution is 7.19. The van der Waals surface area contributed by atoms with Crippen molar-refractivity contribution in [1.82, 2.24) is 15.0 Å². The molecule has 3 heterocycles. The van der Waals surface area contributed by atoms with Crippen LogP contribution in [0.25, 0.3) is 21.7 Å². The Kier molecular flexibility index (Phi) is 6.34. The van der Waals surface area contributed by atoms with Crippen LogP contribution in [-0.2, 0) is 0 Å². The summed E-state index contributed by atoms with van der Waals surface area (Å²) in [5.74, 6) is -0.580. The third-order valence-electron chi connectivity index (χ3n) is 5.55. The van der Waals surface area contributed by atoms with Gasteiger partial charge in [-0.2, -0.15) is 0 Å². The molecule has 0 radical (unpaired) electrons. The Hall–Kier alpha value is -4.69. The molecule has 0 aliphatic carbocycles. The van der Waals surface area contributed by atoms with E-state index in [1.165, 1.54) is 17.5 Å². The number of hydrogen-bond donors (Lipinski definition) is 2. The number of ketones is 1. The van der Waals surface area contributed by atoms with Gasteiger partial charge in [-0.1, -0.05) is 65.4 Å². The van der Waals surface area contributed by atoms with Crippen molar-refractivity contribution in [3.05, 3.63) is 114 Å². The average Bonchev–Trinajstić information content (AvgIpc) is 3.33. The molecule has 0 aliphatic heterocycles. The number of thiazole rings is 1. The molecule has 8 heteroatoms. The maximum atomic E-state index is 13.1. The zero-order chi connectivity index (χ0) is 25.1. The number of amides is 1. The number of nitrogens with one attached hydrogen (secondary N) is 1. The van der Waals surface area contributed by atoms with E-state index in [9.17, 15) is 9.59 Å². The minimum absolute atomic E-state index is 0.170. The summed E-state index contributed by atoms with van der Waals surface area (Å²) in [5, 5.41) is 3.27. The fourth-order valence-electron chi connectivity index (χ4n) is 3.79. The van der Waals surface area contributed by atoms with Crippen molar-refractivity contribution in [2.24, 2.45) is 0 Å². The van der Waals surface area contributed by atoms with E-state index in [1.54, 1.807) is 54.9 Å². The first kappa shape index (κ1) is 23.1. The molecule has 36 heavy (non-hydrogen) atoms. The molecular weight excluding hydrogens is 470 g/mol. The van der Waals surface area contributed by atoms with Crippen LogP contribution >= 0.6 is 11.3 Å². The van der Waals surface area contributed by atoms with Gasteiger partial charge in [-0.05, 0) is 31.2 Å². The van der Waals surface area contributed by atoms with Gasteiger partial charge in [-0.15, -0.1) is 0 Å². The molecule has 0 spiro atoms. The Morgan fingerprint density at radius 1 is 0.917 bits per heavy atom. The second kappa shape index (κ2) is 9.89. The van der Waals surface area contributed by atoms with Crippen molar-refractivity contribution in [3.8, 4) is 21.7 Å². The van der Waals surface area contributed by atoms with Crippen molar-refractivity contribution in [3.63, 3.8) is 0 Å². The molecule has 176 valence electrons. The number of nitrogens with two attached hydrogens (primary N) is 1. The molecule has 7 nitrogen and oxygen atoms in total. The van der Waals surface area contributed by atoms with E-state index in [1.807, 2.05) is 37.3 Å². The van der Waals surface area contributed by atoms with E-state index in [2.05, 4.69) is 15.3 Å². The second-order valence-electron chi connectivity index (χ2n) is 8.08. The van der Waals surface area contributed by atoms with Crippen LogP contribution in [0.1, 0.15) is 32.0 Å². The SMILES string of the molecule is Cc1cccc(-c2nc(NC(=O)c3cccnc3)sc2-c2ccnc(C(=O)c3ccccc3)c2N)c1. The van der Waals surface area contributed by atoms with Crippen molar-refractivity contribution < 1.29 is 9.59 Å². The highest BCUT2D eigenvalue weighted by Gasteiger charge is 2.22. The Morgan fingerprint density at radius 2 is 1.72 bits per heavy atom. The number of nitrogens with zero attached hydrogens (tertiary/aromatic N) is 3. The number of aryl methyl sites for hydroxylation is 1. The lowest BCUT2D eigenvalue weighted by Crippen LogP contribution is -2.11. The first-order valence-electron chi connectivity index (χ1n) is 11.1. The van der Waals surface area contributed by atoms with E-state index >= 15 is 0 Å². The Morgan fingerprint density at radius 3 is 2.47 bits per heavy atom. The molecule has 5 rings (SSSR count). The van der Waals surface area contributed by atoms with E-state index in [0.717, 1.165) is 16.0 Å². The summed E-state index contributed by atoms with van der Waals surface area (Å²) in [4.78, 5) is 39.7. The fourth-order valence-corrected chi connectivity index (χ4v) is 4.81. The first-order valence-corrected chi connectivity index (χ1v) is 12.0. The molecule has 2 aromatic carbocycles. The van der Waals surface area contributed by atoms with Gasteiger partial charge in [-0.25, -0.2) is 4.98 Å². The van der Waals surface area contributed by atoms with Gasteiger partial charge in [0.15, 0.2) is 5.13 Å². The molecular formula is C28H21N5O2S. The van der Waals surface area contributed by atoms with E-state index in [0.29, 0.717) is 27.5 Å². The number of pyridine rings is 2. The number of rotatable bonds is 6. The van der Waals surface area contributed by atoms with Crippen LogP contribution in [0.5, 0.6) is 0 Å². The van der Waals surface area contributed by atoms with Gasteiger partial charge in [0.1, 0.15) is 5.69 Å². The zero-order valence-corrected chi connectivity index (χ0v) is 20.1. The van der Waals surface area contributed by atoms with Crippen molar-refractivity contribution in [1.29, 1.82) is 0 Å². The lowest BCUT2D eigenvalue weighted by Gasteiger charge is -2.10. The van der Waals surface area contributed by atoms with Gasteiger partial charge in [0.2, 0.25) is 5.78 Å². The minimum atomic E-state index is -0.318. The molecule has 0 atom stereocenters. The van der Waals surface area contributed by atoms with Gasteiger partial charge in [0.25, 0.3) is 5.91 Å². The van der Waals surface area contributed by atoms with Crippen LogP contribution in [0, 0.1) is 6.92 Å². The fraction of sp³-hybridized carbons (Fsp3) is 0.0357. The molecule has 5 aromatic rings. The quantitative estimate of drug-likeness (QED) is 0.297. The van der Waals surface area contributed by atoms with Crippen LogP contribution < -0.4 is 11.1 Å². The van der Waals surface area contributed by atoms with Crippen molar-refractivity contribution >= 4 is 33.8 Å². The molecule has 3 N–H and O–H groups in total. The average molecular weight is 492 g/mol. The number of hydrogen-bond acceptors (Lipinski definition) is 7. The van der Waals surface area contributed by atoms with Gasteiger partial charge in [0, 0.05) is 35.3 Å². The standard InChI is InChI=1S/C28H21N5O2S/c1-17-7-5-10-19(15-17)23-26(36-28(32-23)33-27(35)20-11-6-13-30-16-20)21-12-14-31-24(22(21)29)25(34)18-8-3-2-4-9-18/h2-16H,29H2,1H3,(H,32,33,35). The second-order valence-corrected chi connectivity index (χ2v) is 9.08. The molecule has 0 saturated carbocycles. The number of anilines is 2. The molecule has 0 bridgehead atoms. The maximum absolute atomic E-state index is 13.1. The Balaban J connectivity index is 1.60. The van der Waals surface area contributed by atoms with Gasteiger partial charge in [-0.3, -0.25) is 24.9 Å². The molecule has 0 unspecified atom stereocenters. The van der Waals surface area contributed by atoms with Crippen molar-refractivity contribution in [2.75, 3.05) is 11.1 Å². The van der Waals surface area contributed by atoms with E-state index < -0.39 is 0 Å². The molecule has 0 fully saturated rings. The minimum Gasteiger partial charge on any atom is -0.396 e. The molecule has 0 saturated heterocycles. The van der Waals surface area contributed by atoms with Crippen LogP contribution in [0.4, 0.5) is 10.8 Å². The Bertz CT molecular complexity index is 1570. The lowest BCUT2D eigenvalue weighted by molar-refractivity contribution is 0.102. The first-order chi connectivity index (χ1) is 17.5. The number of nitrogen functional groups attached to an aromatic ring is 1. The molecule has 0 aliphatic rings. The number of carbonyl (C=O) groups is 2. The van der Waals surface area contributed by atoms with Gasteiger partial charge in [0.05, 0.1) is 21.8 Å². The predicted octanol–water partition coefficient (Wildman–Crippen LogP) is 5.64. The monoisotopic (exact) mass is 491 g/mol. The smallest absolute Gasteiger partial charge is 0.259 e. The largest absolute Gasteiger partial charge is 0.396 e. The van der Waals surface area contributed by atoms with Crippen LogP contribution in [-0.4, -0.2) is 26.6 Å². The lowest BCUT2D eigenvalue weighted by atomic mass is 10.0. The van der Waals surface area contributed by atoms with Crippen LogP contribution in [0.3, 0.4) is 0 Å². The topological polar surface area (TPSA) is 111 Å². The van der Waals surface area contributed by atoms with E-state index in [4.69, 9.17) is 10.7 Å². The summed E-state index contributed by atoms with van der Waals surface area (Å²) in [7, 11) is 0. The number of benzene rings is 2. The third-order valence-corrected chi connectivity index (χ3v) is 6.55. The van der Waals surface area contributed by atoms with Gasteiger partial charge >= 0.3 is 0 Å². The summed E-state index contributed by atoms with van der Waals surface area (Å²) in [6, 6.07) is 21.9. The Labute approximate surface area is 211 Å². The summed E-state index contributed by atoms with van der Waals surface area (Å²) in [6.07, 6.45) is 4.66. The molecule has 1 amide bonds. The maximum Gasteiger partial charge on any atom is 0.259 e. The predicted molar refractivity (Wildman–Crippen MR) is 142 cm³/mol. The zero-order valence-electron chi connectivity index (χ0n) is 19.3. The number of carbonyl (C=O) groups excluding carboxylic acids is 2. The highest BCUT2D eigenvalue weighted by Crippen LogP contribution is 2.42. The summed E-state index contributed by atoms with van der Waals surface area (Å²) >= 11 is 1.28. The molecule has 3 aromatic heterocycles. The van der Waals surface area contributed by atoms with Gasteiger partial charge < -0.3 is 5.73 Å². The van der Waals surface area contributed by atoms with Crippen LogP contribution in [0.15, 0.2) is 91.4 Å². The number of aromatic nitrogens is 3. The summed E-state index contributed by atoms with van der Waals surface area (Å²) in [5.41, 5.74) is 11.1. The van der Waals surface area contributed by atoms with Crippen LogP contribution in [0.2, 0.25) is 0 Å². The normalized spacial score (nSPS) is 10.7. The summed E-state index contributed by atoms with van der Waals surface area (Å²) in [6.45, 7) is 2.00. The highest BCUT2D eigenvalue weighted by atomic mass is 32.1. The third kappa shape index (κ3) is 4.62.